The molecule has 22 heavy (non-hydrogen) atoms. The Labute approximate surface area is 130 Å². The average Bonchev–Trinajstić information content (AvgIpc) is 2.42. The van der Waals surface area contributed by atoms with Crippen LogP contribution in [0.2, 0.25) is 0 Å². The lowest BCUT2D eigenvalue weighted by Gasteiger charge is -2.20. The van der Waals surface area contributed by atoms with Gasteiger partial charge in [-0.1, -0.05) is 13.8 Å². The van der Waals surface area contributed by atoms with Gasteiger partial charge < -0.3 is 21.3 Å². The second-order valence-corrected chi connectivity index (χ2v) is 5.30. The Morgan fingerprint density at radius 2 is 2.00 bits per heavy atom. The summed E-state index contributed by atoms with van der Waals surface area (Å²) in [6, 6.07) is -1.69. The number of Topliss-reactive ketones (excluding diaryl/α,β-unsaturated/α-hetero) is 1. The summed E-state index contributed by atoms with van der Waals surface area (Å²) in [5, 5.41) is 2.51. The summed E-state index contributed by atoms with van der Waals surface area (Å²) >= 11 is 0. The Bertz CT molecular complexity index is 444. The second-order valence-electron chi connectivity index (χ2n) is 5.30. The van der Waals surface area contributed by atoms with Crippen LogP contribution in [0.4, 0.5) is 0 Å². The molecule has 0 spiro atoms. The largest absolute Gasteiger partial charge is 0.464 e. The number of nitrogens with two attached hydrogens (primary N) is 1. The molecule has 124 valence electrons. The highest BCUT2D eigenvalue weighted by Gasteiger charge is 2.25. The van der Waals surface area contributed by atoms with Gasteiger partial charge in [-0.25, -0.2) is 4.79 Å². The lowest BCUT2D eigenvalue weighted by molar-refractivity contribution is -0.147. The minimum atomic E-state index is -0.957. The molecule has 0 aliphatic heterocycles. The number of rotatable bonds is 10. The third-order valence-corrected chi connectivity index (χ3v) is 2.83. The zero-order valence-corrected chi connectivity index (χ0v) is 13.2. The number of ether oxygens (including phenoxy) is 1. The van der Waals surface area contributed by atoms with Gasteiger partial charge in [0, 0.05) is 6.42 Å². The number of ketones is 1. The average molecular weight is 312 g/mol. The van der Waals surface area contributed by atoms with Crippen molar-refractivity contribution in [2.75, 3.05) is 6.61 Å². The zero-order valence-electron chi connectivity index (χ0n) is 13.2. The van der Waals surface area contributed by atoms with Gasteiger partial charge in [-0.05, 0) is 25.7 Å². The van der Waals surface area contributed by atoms with Crippen LogP contribution in [0.5, 0.6) is 0 Å². The van der Waals surface area contributed by atoms with Crippen LogP contribution in [0.25, 0.3) is 5.53 Å². The summed E-state index contributed by atoms with van der Waals surface area (Å²) < 4.78 is 4.87. The monoisotopic (exact) mass is 312 g/mol. The van der Waals surface area contributed by atoms with Crippen molar-refractivity contribution in [3.8, 4) is 0 Å². The maximum atomic E-state index is 12.0. The third kappa shape index (κ3) is 8.28. The van der Waals surface area contributed by atoms with E-state index in [2.05, 4.69) is 10.1 Å². The molecular weight excluding hydrogens is 288 g/mol. The molecule has 0 unspecified atom stereocenters. The van der Waals surface area contributed by atoms with E-state index < -0.39 is 29.7 Å². The fourth-order valence-electron chi connectivity index (χ4n) is 1.80. The molecule has 1 amide bonds. The van der Waals surface area contributed by atoms with E-state index in [1.807, 2.05) is 13.8 Å². The van der Waals surface area contributed by atoms with Gasteiger partial charge in [0.25, 0.3) is 0 Å². The number of carbonyl (C=O) groups is 3. The quantitative estimate of drug-likeness (QED) is 0.254. The van der Waals surface area contributed by atoms with Crippen molar-refractivity contribution in [2.24, 2.45) is 11.7 Å². The van der Waals surface area contributed by atoms with Crippen molar-refractivity contribution in [1.82, 2.24) is 5.32 Å². The summed E-state index contributed by atoms with van der Waals surface area (Å²) in [4.78, 5) is 37.7. The van der Waals surface area contributed by atoms with Gasteiger partial charge in [0.2, 0.25) is 11.7 Å². The van der Waals surface area contributed by atoms with Gasteiger partial charge in [0.15, 0.2) is 0 Å². The first kappa shape index (κ1) is 19.9. The first-order valence-electron chi connectivity index (χ1n) is 7.24. The maximum absolute atomic E-state index is 12.0. The van der Waals surface area contributed by atoms with Crippen molar-refractivity contribution in [3.63, 3.8) is 0 Å². The smallest absolute Gasteiger partial charge is 0.328 e. The Kier molecular flexibility index (Phi) is 9.65. The molecule has 0 aromatic heterocycles. The van der Waals surface area contributed by atoms with E-state index in [0.29, 0.717) is 6.42 Å². The molecular formula is C14H24N4O4. The van der Waals surface area contributed by atoms with E-state index in [9.17, 15) is 14.4 Å². The van der Waals surface area contributed by atoms with E-state index in [0.717, 1.165) is 6.21 Å². The van der Waals surface area contributed by atoms with Crippen LogP contribution in [0.3, 0.4) is 0 Å². The van der Waals surface area contributed by atoms with Crippen molar-refractivity contribution in [2.45, 2.75) is 52.1 Å². The predicted molar refractivity (Wildman–Crippen MR) is 79.9 cm³/mol. The highest BCUT2D eigenvalue weighted by atomic mass is 16.5. The molecule has 0 aliphatic carbocycles. The van der Waals surface area contributed by atoms with Crippen LogP contribution in [0.15, 0.2) is 0 Å². The number of hydrogen-bond acceptors (Lipinski definition) is 5. The molecule has 0 saturated heterocycles. The first-order chi connectivity index (χ1) is 10.3. The van der Waals surface area contributed by atoms with E-state index >= 15 is 0 Å². The van der Waals surface area contributed by atoms with E-state index in [-0.39, 0.29) is 25.4 Å². The highest BCUT2D eigenvalue weighted by molar-refractivity contribution is 6.25. The molecule has 0 fully saturated rings. The van der Waals surface area contributed by atoms with E-state index in [4.69, 9.17) is 16.0 Å². The fourth-order valence-corrected chi connectivity index (χ4v) is 1.80. The Morgan fingerprint density at radius 3 is 2.50 bits per heavy atom. The third-order valence-electron chi connectivity index (χ3n) is 2.83. The van der Waals surface area contributed by atoms with E-state index in [1.165, 1.54) is 0 Å². The van der Waals surface area contributed by atoms with Gasteiger partial charge in [0.1, 0.15) is 6.04 Å². The first-order valence-corrected chi connectivity index (χ1v) is 7.24. The maximum Gasteiger partial charge on any atom is 0.328 e. The van der Waals surface area contributed by atoms with Gasteiger partial charge >= 0.3 is 12.2 Å². The summed E-state index contributed by atoms with van der Waals surface area (Å²) in [5.74, 6) is -1.31. The molecule has 8 heteroatoms. The number of esters is 1. The number of nitrogens with zero attached hydrogens (tertiary/aromatic N) is 2. The van der Waals surface area contributed by atoms with Crippen LogP contribution in [0, 0.1) is 5.92 Å². The molecule has 0 aromatic rings. The number of carbonyl (C=O) groups excluding carboxylic acids is 3. The summed E-state index contributed by atoms with van der Waals surface area (Å²) in [5.41, 5.74) is 14.0. The van der Waals surface area contributed by atoms with Crippen LogP contribution in [-0.4, -0.2) is 47.4 Å². The van der Waals surface area contributed by atoms with Crippen molar-refractivity contribution in [3.05, 3.63) is 5.53 Å². The fraction of sp³-hybridized carbons (Fsp3) is 0.714. The molecule has 0 aliphatic rings. The van der Waals surface area contributed by atoms with Crippen molar-refractivity contribution < 1.29 is 23.9 Å². The standard InChI is InChI=1S/C14H24N4O4/c1-4-22-14(21)12(6-5-10(19)8-17-16)18-13(20)11(15)7-9(2)3/h8-9,11-12H,4-7,15H2,1-3H3,(H,18,20)/t11-,12-/m0/s1. The van der Waals surface area contributed by atoms with Gasteiger partial charge in [-0.3, -0.25) is 9.59 Å². The predicted octanol–water partition coefficient (Wildman–Crippen LogP) is 0.0576. The lowest BCUT2D eigenvalue weighted by atomic mass is 10.0. The highest BCUT2D eigenvalue weighted by Crippen LogP contribution is 2.05. The van der Waals surface area contributed by atoms with E-state index in [1.54, 1.807) is 6.92 Å². The molecule has 2 atom stereocenters. The molecule has 0 aromatic carbocycles. The molecule has 3 N–H and O–H groups in total. The number of amides is 1. The number of nitrogens with one attached hydrogen (secondary N) is 1. The van der Waals surface area contributed by atoms with Crippen molar-refractivity contribution >= 4 is 23.9 Å². The van der Waals surface area contributed by atoms with Crippen LogP contribution < -0.4 is 11.1 Å². The molecule has 8 nitrogen and oxygen atoms in total. The van der Waals surface area contributed by atoms with Crippen LogP contribution >= 0.6 is 0 Å². The van der Waals surface area contributed by atoms with Crippen LogP contribution in [0.1, 0.15) is 40.0 Å². The molecule has 0 bridgehead atoms. The number of hydrogen-bond donors (Lipinski definition) is 2. The second kappa shape index (κ2) is 10.6. The SMILES string of the molecule is CCOC(=O)[C@H](CCC(=O)C=[N+]=[N-])NC(=O)[C@@H](N)CC(C)C. The van der Waals surface area contributed by atoms with Gasteiger partial charge in [-0.2, -0.15) is 4.79 Å². The normalized spacial score (nSPS) is 13.0. The zero-order chi connectivity index (χ0) is 17.1. The molecule has 0 heterocycles. The van der Waals surface area contributed by atoms with Gasteiger partial charge in [-0.15, -0.1) is 0 Å². The summed E-state index contributed by atoms with van der Waals surface area (Å²) in [6.07, 6.45) is 1.21. The molecule has 0 saturated carbocycles. The van der Waals surface area contributed by atoms with Crippen LogP contribution in [-0.2, 0) is 19.1 Å². The Balaban J connectivity index is 4.71. The minimum Gasteiger partial charge on any atom is -0.464 e. The summed E-state index contributed by atoms with van der Waals surface area (Å²) in [6.45, 7) is 5.67. The van der Waals surface area contributed by atoms with Gasteiger partial charge in [0.05, 0.1) is 12.6 Å². The van der Waals surface area contributed by atoms with Crippen molar-refractivity contribution in [1.29, 1.82) is 0 Å². The minimum absolute atomic E-state index is 0.0455. The Hall–Kier alpha value is -2.05. The topological polar surface area (TPSA) is 135 Å². The molecule has 0 rings (SSSR count). The summed E-state index contributed by atoms with van der Waals surface area (Å²) in [7, 11) is 0. The Morgan fingerprint density at radius 1 is 1.36 bits per heavy atom. The lowest BCUT2D eigenvalue weighted by Crippen LogP contribution is -2.49. The molecule has 0 radical (unpaired) electrons.